The third kappa shape index (κ3) is 6.21. The second kappa shape index (κ2) is 11.3. The van der Waals surface area contributed by atoms with Crippen LogP contribution in [0.4, 0.5) is 10.1 Å². The summed E-state index contributed by atoms with van der Waals surface area (Å²) in [7, 11) is 0. The molecular weight excluding hydrogens is 381 g/mol. The van der Waals surface area contributed by atoms with Crippen molar-refractivity contribution in [2.24, 2.45) is 0 Å². The number of nitrogens with one attached hydrogen (secondary N) is 1. The van der Waals surface area contributed by atoms with E-state index >= 15 is 0 Å². The summed E-state index contributed by atoms with van der Waals surface area (Å²) in [5.74, 6) is -0.246. The average molecular weight is 418 g/mol. The van der Waals surface area contributed by atoms with Crippen LogP contribution in [0.15, 0.2) is 24.3 Å². The van der Waals surface area contributed by atoms with Crippen LogP contribution in [0.1, 0.15) is 65.2 Å². The van der Waals surface area contributed by atoms with Gasteiger partial charge >= 0.3 is 0 Å². The molecule has 164 valence electrons. The minimum Gasteiger partial charge on any atom is -0.310 e. The molecule has 0 radical (unpaired) electrons. The highest BCUT2D eigenvalue weighted by atomic mass is 19.1. The zero-order valence-electron chi connectivity index (χ0n) is 18.4. The Labute approximate surface area is 180 Å². The molecule has 1 aromatic carbocycles. The van der Waals surface area contributed by atoms with Crippen LogP contribution in [0.5, 0.6) is 0 Å². The molecule has 1 saturated carbocycles. The van der Waals surface area contributed by atoms with E-state index in [1.807, 2.05) is 4.90 Å². The number of hydrogen-bond donors (Lipinski definition) is 1. The van der Waals surface area contributed by atoms with Gasteiger partial charge in [-0.1, -0.05) is 0 Å². The van der Waals surface area contributed by atoms with Gasteiger partial charge in [0, 0.05) is 57.0 Å². The highest BCUT2D eigenvalue weighted by molar-refractivity contribution is 5.92. The van der Waals surface area contributed by atoms with Crippen LogP contribution >= 0.6 is 0 Å². The topological polar surface area (TPSA) is 46.8 Å². The molecule has 2 fully saturated rings. The van der Waals surface area contributed by atoms with Crippen LogP contribution in [-0.4, -0.2) is 48.3 Å². The number of likely N-dealkylation sites (tertiary alicyclic amines) is 1. The fourth-order valence-corrected chi connectivity index (χ4v) is 4.69. The first-order chi connectivity index (χ1) is 14.6. The molecule has 1 heterocycles. The van der Waals surface area contributed by atoms with Gasteiger partial charge in [0.15, 0.2) is 6.61 Å². The number of carbonyl (C=O) groups excluding carboxylic acids is 1. The maximum atomic E-state index is 13.3. The Morgan fingerprint density at radius 1 is 1.20 bits per heavy atom. The van der Waals surface area contributed by atoms with E-state index in [-0.39, 0.29) is 17.8 Å². The van der Waals surface area contributed by atoms with Gasteiger partial charge in [0.2, 0.25) is 11.6 Å². The Morgan fingerprint density at radius 3 is 2.47 bits per heavy atom. The van der Waals surface area contributed by atoms with E-state index < -0.39 is 0 Å². The summed E-state index contributed by atoms with van der Waals surface area (Å²) < 4.78 is 13.3. The second-order valence-corrected chi connectivity index (χ2v) is 8.47. The SMILES string of the molecule is C[CH+]CCCO[NH+]=C1CCC(N2CCC(N(C(C)=O)c3ccc(F)cc3)CC2)CC1. The van der Waals surface area contributed by atoms with Crippen molar-refractivity contribution in [2.75, 3.05) is 24.6 Å². The molecule has 0 bridgehead atoms. The third-order valence-electron chi connectivity index (χ3n) is 6.34. The standard InChI is InChI=1S/C24H35FN3O2/c1-3-4-5-18-30-26-21-8-12-22(13-9-21)27-16-14-24(15-17-27)28(19(2)29)23-10-6-20(25)7-11-23/h3,6-7,10-11,22,24H,4-5,8-9,12-18H2,1-2H3/q+1/p+1. The van der Waals surface area contributed by atoms with Crippen molar-refractivity contribution in [3.63, 3.8) is 0 Å². The maximum Gasteiger partial charge on any atom is 0.224 e. The van der Waals surface area contributed by atoms with Gasteiger partial charge in [-0.25, -0.2) is 4.39 Å². The Kier molecular flexibility index (Phi) is 8.55. The lowest BCUT2D eigenvalue weighted by Crippen LogP contribution is -2.72. The van der Waals surface area contributed by atoms with E-state index in [2.05, 4.69) is 23.4 Å². The highest BCUT2D eigenvalue weighted by Gasteiger charge is 2.32. The summed E-state index contributed by atoms with van der Waals surface area (Å²) in [4.78, 5) is 22.3. The summed E-state index contributed by atoms with van der Waals surface area (Å²) in [5, 5.41) is 3.17. The number of anilines is 1. The molecule has 0 aromatic heterocycles. The van der Waals surface area contributed by atoms with Gasteiger partial charge in [-0.3, -0.25) is 9.63 Å². The number of halogens is 1. The summed E-state index contributed by atoms with van der Waals surface area (Å²) in [6.45, 7) is 6.45. The Hall–Kier alpha value is -2.08. The van der Waals surface area contributed by atoms with Gasteiger partial charge in [0.25, 0.3) is 0 Å². The van der Waals surface area contributed by atoms with Crippen molar-refractivity contribution in [3.05, 3.63) is 36.5 Å². The van der Waals surface area contributed by atoms with Crippen LogP contribution in [0, 0.1) is 12.2 Å². The molecule has 0 atom stereocenters. The second-order valence-electron chi connectivity index (χ2n) is 8.47. The van der Waals surface area contributed by atoms with Gasteiger partial charge in [-0.15, -0.1) is 0 Å². The van der Waals surface area contributed by atoms with Crippen molar-refractivity contribution in [2.45, 2.75) is 77.3 Å². The van der Waals surface area contributed by atoms with Gasteiger partial charge in [-0.2, -0.15) is 0 Å². The largest absolute Gasteiger partial charge is 0.310 e. The summed E-state index contributed by atoms with van der Waals surface area (Å²) in [6, 6.07) is 7.06. The van der Waals surface area contributed by atoms with E-state index in [0.717, 1.165) is 76.8 Å². The lowest BCUT2D eigenvalue weighted by molar-refractivity contribution is -0.754. The highest BCUT2D eigenvalue weighted by Crippen LogP contribution is 2.28. The zero-order chi connectivity index (χ0) is 21.3. The maximum absolute atomic E-state index is 13.3. The first-order valence-corrected chi connectivity index (χ1v) is 11.4. The third-order valence-corrected chi connectivity index (χ3v) is 6.34. The Morgan fingerprint density at radius 2 is 1.87 bits per heavy atom. The molecule has 30 heavy (non-hydrogen) atoms. The van der Waals surface area contributed by atoms with Gasteiger partial charge in [-0.05, 0) is 55.1 Å². The molecule has 0 spiro atoms. The lowest BCUT2D eigenvalue weighted by Gasteiger charge is -2.42. The van der Waals surface area contributed by atoms with Crippen molar-refractivity contribution < 1.29 is 19.2 Å². The summed E-state index contributed by atoms with van der Waals surface area (Å²) >= 11 is 0. The molecule has 1 N–H and O–H groups in total. The zero-order valence-corrected chi connectivity index (χ0v) is 18.4. The molecule has 0 unspecified atom stereocenters. The van der Waals surface area contributed by atoms with Crippen molar-refractivity contribution in [3.8, 4) is 0 Å². The quantitative estimate of drug-likeness (QED) is 0.402. The number of nitrogens with zero attached hydrogens (tertiary/aromatic N) is 2. The lowest BCUT2D eigenvalue weighted by atomic mass is 9.90. The van der Waals surface area contributed by atoms with E-state index in [9.17, 15) is 9.18 Å². The first-order valence-electron chi connectivity index (χ1n) is 11.4. The molecule has 1 amide bonds. The Bertz CT molecular complexity index is 689. The molecule has 3 rings (SSSR count). The minimum absolute atomic E-state index is 0.0277. The fourth-order valence-electron chi connectivity index (χ4n) is 4.69. The van der Waals surface area contributed by atoms with Gasteiger partial charge in [0.1, 0.15) is 5.82 Å². The van der Waals surface area contributed by atoms with Crippen LogP contribution in [-0.2, 0) is 9.63 Å². The summed E-state index contributed by atoms with van der Waals surface area (Å²) in [6.07, 6.45) is 10.7. The molecule has 1 aliphatic carbocycles. The molecule has 5 nitrogen and oxygen atoms in total. The monoisotopic (exact) mass is 417 g/mol. The van der Waals surface area contributed by atoms with Gasteiger partial charge in [0.05, 0.1) is 19.8 Å². The van der Waals surface area contributed by atoms with Crippen LogP contribution in [0.25, 0.3) is 0 Å². The molecule has 1 aliphatic heterocycles. The molecule has 1 saturated heterocycles. The molecular formula is C24H36FN3O2+2. The summed E-state index contributed by atoms with van der Waals surface area (Å²) in [5.41, 5.74) is 2.11. The van der Waals surface area contributed by atoms with Crippen molar-refractivity contribution in [1.29, 1.82) is 0 Å². The average Bonchev–Trinajstić information content (AvgIpc) is 2.76. The smallest absolute Gasteiger partial charge is 0.224 e. The predicted molar refractivity (Wildman–Crippen MR) is 118 cm³/mol. The normalized spacial score (nSPS) is 20.6. The number of hydrogen-bond acceptors (Lipinski definition) is 3. The number of piperidine rings is 1. The number of carbonyl (C=O) groups is 1. The first kappa shape index (κ1) is 22.6. The Balaban J connectivity index is 1.45. The van der Waals surface area contributed by atoms with E-state index in [1.54, 1.807) is 19.1 Å². The van der Waals surface area contributed by atoms with Crippen LogP contribution in [0.3, 0.4) is 0 Å². The number of benzene rings is 1. The molecule has 2 aliphatic rings. The molecule has 6 heteroatoms. The van der Waals surface area contributed by atoms with Crippen molar-refractivity contribution >= 4 is 17.3 Å². The van der Waals surface area contributed by atoms with E-state index in [0.29, 0.717) is 6.04 Å². The van der Waals surface area contributed by atoms with Crippen molar-refractivity contribution in [1.82, 2.24) is 4.90 Å². The predicted octanol–water partition coefficient (Wildman–Crippen LogP) is 3.04. The van der Waals surface area contributed by atoms with Gasteiger partial charge < -0.3 is 9.80 Å². The van der Waals surface area contributed by atoms with E-state index in [1.165, 1.54) is 17.8 Å². The van der Waals surface area contributed by atoms with Crippen LogP contribution in [0.2, 0.25) is 0 Å². The van der Waals surface area contributed by atoms with E-state index in [4.69, 9.17) is 4.84 Å². The number of rotatable bonds is 8. The number of amides is 1. The molecule has 1 aromatic rings. The number of unbranched alkanes of at least 4 members (excludes halogenated alkanes) is 2. The fraction of sp³-hybridized carbons (Fsp3) is 0.625. The minimum atomic E-state index is -0.273. The van der Waals surface area contributed by atoms with Crippen LogP contribution < -0.4 is 10.1 Å².